The predicted octanol–water partition coefficient (Wildman–Crippen LogP) is 1.26. The van der Waals surface area contributed by atoms with Gasteiger partial charge in [0.1, 0.15) is 6.61 Å². The summed E-state index contributed by atoms with van der Waals surface area (Å²) in [7, 11) is 0. The molecule has 0 atom stereocenters. The zero-order chi connectivity index (χ0) is 14.1. The molecule has 1 aromatic heterocycles. The first-order chi connectivity index (χ1) is 9.11. The maximum Gasteiger partial charge on any atom is 0.251 e. The molecule has 0 fully saturated rings. The number of rotatable bonds is 8. The number of aromatic amines is 2. The second-order valence-electron chi connectivity index (χ2n) is 4.15. The van der Waals surface area contributed by atoms with Gasteiger partial charge >= 0.3 is 0 Å². The highest BCUT2D eigenvalue weighted by atomic mass is 32.1. The fourth-order valence-electron chi connectivity index (χ4n) is 1.48. The van der Waals surface area contributed by atoms with E-state index in [1.807, 2.05) is 0 Å². The third-order valence-corrected chi connectivity index (χ3v) is 2.62. The Bertz CT molecular complexity index is 481. The SMILES string of the molecule is CCCCCOCC(=O)NCc1cc(=O)[nH]c(=S)[nH]1. The van der Waals surface area contributed by atoms with Crippen LogP contribution in [0.25, 0.3) is 0 Å². The fraction of sp³-hybridized carbons (Fsp3) is 0.583. The molecule has 1 heterocycles. The summed E-state index contributed by atoms with van der Waals surface area (Å²) in [5, 5.41) is 2.65. The lowest BCUT2D eigenvalue weighted by Gasteiger charge is -2.06. The van der Waals surface area contributed by atoms with Crippen molar-refractivity contribution >= 4 is 18.1 Å². The molecule has 0 unspecified atom stereocenters. The van der Waals surface area contributed by atoms with Gasteiger partial charge in [0.25, 0.3) is 5.56 Å². The molecule has 106 valence electrons. The molecule has 0 radical (unpaired) electrons. The number of H-pyrrole nitrogens is 2. The van der Waals surface area contributed by atoms with E-state index in [1.165, 1.54) is 6.07 Å². The van der Waals surface area contributed by atoms with Crippen LogP contribution in [-0.2, 0) is 16.1 Å². The van der Waals surface area contributed by atoms with Gasteiger partial charge in [-0.1, -0.05) is 19.8 Å². The van der Waals surface area contributed by atoms with E-state index in [4.69, 9.17) is 17.0 Å². The molecule has 3 N–H and O–H groups in total. The Morgan fingerprint density at radius 2 is 2.21 bits per heavy atom. The fourth-order valence-corrected chi connectivity index (χ4v) is 1.71. The molecule has 0 saturated carbocycles. The van der Waals surface area contributed by atoms with E-state index < -0.39 is 0 Å². The Labute approximate surface area is 116 Å². The van der Waals surface area contributed by atoms with Gasteiger partial charge < -0.3 is 15.0 Å². The van der Waals surface area contributed by atoms with Gasteiger partial charge in [0.15, 0.2) is 4.77 Å². The summed E-state index contributed by atoms with van der Waals surface area (Å²) in [5.74, 6) is -0.212. The first kappa shape index (κ1) is 15.6. The maximum atomic E-state index is 11.5. The Morgan fingerprint density at radius 3 is 2.89 bits per heavy atom. The Kier molecular flexibility index (Phi) is 7.06. The lowest BCUT2D eigenvalue weighted by Crippen LogP contribution is -2.28. The number of amides is 1. The van der Waals surface area contributed by atoms with Crippen molar-refractivity contribution in [3.05, 3.63) is 26.9 Å². The van der Waals surface area contributed by atoms with Crippen LogP contribution >= 0.6 is 12.2 Å². The van der Waals surface area contributed by atoms with Gasteiger partial charge in [-0.15, -0.1) is 0 Å². The summed E-state index contributed by atoms with van der Waals surface area (Å²) in [6.45, 7) is 2.96. The topological polar surface area (TPSA) is 87.0 Å². The van der Waals surface area contributed by atoms with Crippen LogP contribution in [0.15, 0.2) is 10.9 Å². The molecule has 0 saturated heterocycles. The van der Waals surface area contributed by atoms with E-state index >= 15 is 0 Å². The van der Waals surface area contributed by atoms with E-state index in [2.05, 4.69) is 22.2 Å². The van der Waals surface area contributed by atoms with Crippen molar-refractivity contribution in [2.75, 3.05) is 13.2 Å². The summed E-state index contributed by atoms with van der Waals surface area (Å²) in [5.41, 5.74) is 0.275. The molecular weight excluding hydrogens is 266 g/mol. The van der Waals surface area contributed by atoms with Crippen molar-refractivity contribution in [1.29, 1.82) is 0 Å². The minimum Gasteiger partial charge on any atom is -0.372 e. The van der Waals surface area contributed by atoms with Crippen LogP contribution in [0.2, 0.25) is 0 Å². The highest BCUT2D eigenvalue weighted by Gasteiger charge is 2.02. The molecule has 1 amide bonds. The summed E-state index contributed by atoms with van der Waals surface area (Å²) in [6, 6.07) is 1.36. The third-order valence-electron chi connectivity index (χ3n) is 2.42. The van der Waals surface area contributed by atoms with Gasteiger partial charge in [0, 0.05) is 18.4 Å². The van der Waals surface area contributed by atoms with E-state index in [0.29, 0.717) is 12.3 Å². The minimum absolute atomic E-state index is 0.0354. The molecule has 0 aliphatic heterocycles. The van der Waals surface area contributed by atoms with Crippen molar-refractivity contribution < 1.29 is 9.53 Å². The predicted molar refractivity (Wildman–Crippen MR) is 74.4 cm³/mol. The van der Waals surface area contributed by atoms with Crippen LogP contribution < -0.4 is 10.9 Å². The van der Waals surface area contributed by atoms with E-state index in [-0.39, 0.29) is 29.4 Å². The molecular formula is C12H19N3O3S. The van der Waals surface area contributed by atoms with Gasteiger partial charge in [-0.25, -0.2) is 0 Å². The zero-order valence-corrected chi connectivity index (χ0v) is 11.8. The van der Waals surface area contributed by atoms with Crippen LogP contribution in [-0.4, -0.2) is 29.1 Å². The van der Waals surface area contributed by atoms with E-state index in [1.54, 1.807) is 0 Å². The molecule has 0 bridgehead atoms. The first-order valence-electron chi connectivity index (χ1n) is 6.28. The molecule has 0 spiro atoms. The zero-order valence-electron chi connectivity index (χ0n) is 11.0. The van der Waals surface area contributed by atoms with Crippen molar-refractivity contribution in [2.45, 2.75) is 32.7 Å². The summed E-state index contributed by atoms with van der Waals surface area (Å²) < 4.78 is 5.47. The van der Waals surface area contributed by atoms with Gasteiger partial charge in [0.05, 0.1) is 6.54 Å². The molecule has 0 aliphatic carbocycles. The standard InChI is InChI=1S/C12H19N3O3S/c1-2-3-4-5-18-8-11(17)13-7-9-6-10(16)15-12(19)14-9/h6H,2-5,7-8H2,1H3,(H,13,17)(H2,14,15,16,19). The van der Waals surface area contributed by atoms with E-state index in [9.17, 15) is 9.59 Å². The molecule has 1 aromatic rings. The Hall–Kier alpha value is -1.47. The van der Waals surface area contributed by atoms with Gasteiger partial charge in [-0.3, -0.25) is 14.6 Å². The van der Waals surface area contributed by atoms with Crippen LogP contribution in [0.3, 0.4) is 0 Å². The van der Waals surface area contributed by atoms with Gasteiger partial charge in [-0.2, -0.15) is 0 Å². The summed E-state index contributed by atoms with van der Waals surface area (Å²) >= 11 is 4.83. The molecule has 19 heavy (non-hydrogen) atoms. The van der Waals surface area contributed by atoms with Crippen LogP contribution in [0.4, 0.5) is 0 Å². The number of hydrogen-bond donors (Lipinski definition) is 3. The number of ether oxygens (including phenoxy) is 1. The lowest BCUT2D eigenvalue weighted by atomic mass is 10.3. The number of aromatic nitrogens is 2. The van der Waals surface area contributed by atoms with Crippen molar-refractivity contribution in [3.8, 4) is 0 Å². The number of hydrogen-bond acceptors (Lipinski definition) is 4. The smallest absolute Gasteiger partial charge is 0.251 e. The normalized spacial score (nSPS) is 10.4. The van der Waals surface area contributed by atoms with Crippen molar-refractivity contribution in [3.63, 3.8) is 0 Å². The molecule has 6 nitrogen and oxygen atoms in total. The number of carbonyl (C=O) groups is 1. The number of unbranched alkanes of at least 4 members (excludes halogenated alkanes) is 2. The van der Waals surface area contributed by atoms with Crippen molar-refractivity contribution in [1.82, 2.24) is 15.3 Å². The van der Waals surface area contributed by atoms with Crippen LogP contribution in [0, 0.1) is 4.77 Å². The number of nitrogens with one attached hydrogen (secondary N) is 3. The molecule has 7 heteroatoms. The largest absolute Gasteiger partial charge is 0.372 e. The Balaban J connectivity index is 2.26. The average molecular weight is 285 g/mol. The third kappa shape index (κ3) is 6.88. The first-order valence-corrected chi connectivity index (χ1v) is 6.69. The second-order valence-corrected chi connectivity index (χ2v) is 4.56. The Morgan fingerprint density at radius 1 is 1.42 bits per heavy atom. The molecule has 0 aromatic carbocycles. The highest BCUT2D eigenvalue weighted by Crippen LogP contribution is 1.94. The summed E-state index contributed by atoms with van der Waals surface area (Å²) in [6.07, 6.45) is 3.19. The molecule has 1 rings (SSSR count). The average Bonchev–Trinajstić information content (AvgIpc) is 2.35. The monoisotopic (exact) mass is 285 g/mol. The quantitative estimate of drug-likeness (QED) is 0.495. The van der Waals surface area contributed by atoms with E-state index in [0.717, 1.165) is 19.3 Å². The maximum absolute atomic E-state index is 11.5. The lowest BCUT2D eigenvalue weighted by molar-refractivity contribution is -0.125. The van der Waals surface area contributed by atoms with Crippen LogP contribution in [0.1, 0.15) is 31.9 Å². The number of carbonyl (C=O) groups excluding carboxylic acids is 1. The highest BCUT2D eigenvalue weighted by molar-refractivity contribution is 7.71. The molecule has 0 aliphatic rings. The second kappa shape index (κ2) is 8.60. The van der Waals surface area contributed by atoms with Gasteiger partial charge in [-0.05, 0) is 18.6 Å². The minimum atomic E-state index is -0.288. The summed E-state index contributed by atoms with van der Waals surface area (Å²) in [4.78, 5) is 27.8. The van der Waals surface area contributed by atoms with Crippen molar-refractivity contribution in [2.24, 2.45) is 0 Å². The van der Waals surface area contributed by atoms with Crippen LogP contribution in [0.5, 0.6) is 0 Å². The van der Waals surface area contributed by atoms with Gasteiger partial charge in [0.2, 0.25) is 5.91 Å².